The Kier molecular flexibility index (Phi) is 13.1. The Labute approximate surface area is 189 Å². The Morgan fingerprint density at radius 2 is 1.86 bits per heavy atom. The van der Waals surface area contributed by atoms with Crippen LogP contribution in [0.25, 0.3) is 0 Å². The highest BCUT2D eigenvalue weighted by Gasteiger charge is 2.21. The van der Waals surface area contributed by atoms with E-state index in [-0.39, 0.29) is 24.0 Å². The van der Waals surface area contributed by atoms with E-state index >= 15 is 0 Å². The van der Waals surface area contributed by atoms with E-state index in [1.54, 1.807) is 0 Å². The van der Waals surface area contributed by atoms with Gasteiger partial charge in [-0.15, -0.1) is 24.0 Å². The molecule has 0 aromatic heterocycles. The number of nitrogens with one attached hydrogen (secondary N) is 2. The number of piperidine rings is 1. The van der Waals surface area contributed by atoms with Gasteiger partial charge in [-0.3, -0.25) is 9.79 Å². The third-order valence-electron chi connectivity index (χ3n) is 5.54. The van der Waals surface area contributed by atoms with E-state index in [4.69, 9.17) is 4.99 Å². The van der Waals surface area contributed by atoms with Gasteiger partial charge in [-0.25, -0.2) is 0 Å². The molecule has 2 rings (SSSR count). The van der Waals surface area contributed by atoms with Gasteiger partial charge in [-0.1, -0.05) is 20.3 Å². The largest absolute Gasteiger partial charge is 0.357 e. The van der Waals surface area contributed by atoms with Gasteiger partial charge in [0.2, 0.25) is 5.91 Å². The number of nitrogens with zero attached hydrogens (tertiary/aromatic N) is 3. The maximum atomic E-state index is 12.0. The van der Waals surface area contributed by atoms with Crippen molar-refractivity contribution in [1.82, 2.24) is 20.4 Å². The van der Waals surface area contributed by atoms with Crippen LogP contribution in [0.3, 0.4) is 0 Å². The second-order valence-electron chi connectivity index (χ2n) is 8.44. The highest BCUT2D eigenvalue weighted by Crippen LogP contribution is 2.20. The van der Waals surface area contributed by atoms with Gasteiger partial charge in [0.1, 0.15) is 0 Å². The summed E-state index contributed by atoms with van der Waals surface area (Å²) >= 11 is 0. The highest BCUT2D eigenvalue weighted by molar-refractivity contribution is 14.0. The molecule has 1 amide bonds. The Balaban J connectivity index is 0.00000392. The number of hydrogen-bond donors (Lipinski definition) is 2. The lowest BCUT2D eigenvalue weighted by Crippen LogP contribution is -2.45. The van der Waals surface area contributed by atoms with Crippen molar-refractivity contribution < 1.29 is 4.79 Å². The number of carbonyl (C=O) groups is 1. The molecule has 2 aliphatic heterocycles. The second kappa shape index (κ2) is 14.4. The molecule has 2 N–H and O–H groups in total. The molecule has 2 heterocycles. The van der Waals surface area contributed by atoms with Crippen LogP contribution in [0.15, 0.2) is 4.99 Å². The first-order valence-corrected chi connectivity index (χ1v) is 11.1. The van der Waals surface area contributed by atoms with Gasteiger partial charge in [0.25, 0.3) is 0 Å². The molecule has 2 unspecified atom stereocenters. The van der Waals surface area contributed by atoms with Crippen molar-refractivity contribution in [3.05, 3.63) is 0 Å². The number of halogens is 1. The van der Waals surface area contributed by atoms with Crippen LogP contribution in [0.2, 0.25) is 0 Å². The topological polar surface area (TPSA) is 60.0 Å². The average Bonchev–Trinajstić information content (AvgIpc) is 2.82. The molecule has 164 valence electrons. The fourth-order valence-corrected chi connectivity index (χ4v) is 4.38. The molecular formula is C21H42IN5O. The fourth-order valence-electron chi connectivity index (χ4n) is 4.38. The first-order valence-electron chi connectivity index (χ1n) is 11.1. The lowest BCUT2D eigenvalue weighted by molar-refractivity contribution is -0.130. The molecule has 6 nitrogen and oxygen atoms in total. The van der Waals surface area contributed by atoms with Crippen molar-refractivity contribution in [3.8, 4) is 0 Å². The maximum absolute atomic E-state index is 12.0. The van der Waals surface area contributed by atoms with Crippen LogP contribution in [-0.2, 0) is 4.79 Å². The number of hydrogen-bond acceptors (Lipinski definition) is 3. The van der Waals surface area contributed by atoms with Crippen molar-refractivity contribution in [2.75, 3.05) is 52.4 Å². The lowest BCUT2D eigenvalue weighted by Gasteiger charge is -2.35. The van der Waals surface area contributed by atoms with E-state index in [1.165, 1.54) is 25.9 Å². The van der Waals surface area contributed by atoms with Gasteiger partial charge in [0.05, 0.1) is 0 Å². The molecule has 2 fully saturated rings. The molecule has 2 atom stereocenters. The molecule has 0 spiro atoms. The Morgan fingerprint density at radius 1 is 1.11 bits per heavy atom. The molecule has 0 bridgehead atoms. The first kappa shape index (κ1) is 25.5. The minimum Gasteiger partial charge on any atom is -0.357 e. The van der Waals surface area contributed by atoms with E-state index in [9.17, 15) is 4.79 Å². The smallest absolute Gasteiger partial charge is 0.222 e. The van der Waals surface area contributed by atoms with Gasteiger partial charge in [0, 0.05) is 58.8 Å². The highest BCUT2D eigenvalue weighted by atomic mass is 127. The standard InChI is InChI=1S/C21H41N5O.HI/c1-4-22-21(24-11-14-25-16-18(2)15-19(3)17-25)23-10-8-13-26-12-7-5-6-9-20(26)27;/h18-19H,4-17H2,1-3H3,(H2,22,23,24);1H. The van der Waals surface area contributed by atoms with Gasteiger partial charge >= 0.3 is 0 Å². The first-order chi connectivity index (χ1) is 13.1. The summed E-state index contributed by atoms with van der Waals surface area (Å²) in [6.07, 6.45) is 6.39. The van der Waals surface area contributed by atoms with Crippen LogP contribution in [-0.4, -0.2) is 74.0 Å². The number of carbonyl (C=O) groups excluding carboxylic acids is 1. The van der Waals surface area contributed by atoms with Gasteiger partial charge in [-0.05, 0) is 44.4 Å². The molecule has 7 heteroatoms. The molecule has 0 saturated carbocycles. The molecule has 0 aromatic rings. The van der Waals surface area contributed by atoms with Gasteiger partial charge in [0.15, 0.2) is 5.96 Å². The maximum Gasteiger partial charge on any atom is 0.222 e. The van der Waals surface area contributed by atoms with Crippen LogP contribution >= 0.6 is 24.0 Å². The molecule has 2 aliphatic rings. The van der Waals surface area contributed by atoms with Crippen molar-refractivity contribution in [1.29, 1.82) is 0 Å². The van der Waals surface area contributed by atoms with E-state index in [0.29, 0.717) is 5.91 Å². The summed E-state index contributed by atoms with van der Waals surface area (Å²) in [6.45, 7) is 14.6. The summed E-state index contributed by atoms with van der Waals surface area (Å²) < 4.78 is 0. The summed E-state index contributed by atoms with van der Waals surface area (Å²) in [6, 6.07) is 0. The minimum absolute atomic E-state index is 0. The van der Waals surface area contributed by atoms with Crippen LogP contribution < -0.4 is 10.6 Å². The number of amides is 1. The third-order valence-corrected chi connectivity index (χ3v) is 5.54. The summed E-state index contributed by atoms with van der Waals surface area (Å²) in [7, 11) is 0. The van der Waals surface area contributed by atoms with Gasteiger partial charge < -0.3 is 20.4 Å². The van der Waals surface area contributed by atoms with E-state index < -0.39 is 0 Å². The molecule has 0 aliphatic carbocycles. The SMILES string of the molecule is CCNC(=NCCCN1CCCCCC1=O)NCCN1CC(C)CC(C)C1.I. The van der Waals surface area contributed by atoms with Crippen LogP contribution in [0.5, 0.6) is 0 Å². The predicted octanol–water partition coefficient (Wildman–Crippen LogP) is 2.93. The summed E-state index contributed by atoms with van der Waals surface area (Å²) in [5.74, 6) is 2.83. The summed E-state index contributed by atoms with van der Waals surface area (Å²) in [5.41, 5.74) is 0. The zero-order chi connectivity index (χ0) is 19.5. The molecule has 0 aromatic carbocycles. The molecule has 28 heavy (non-hydrogen) atoms. The second-order valence-corrected chi connectivity index (χ2v) is 8.44. The number of likely N-dealkylation sites (tertiary alicyclic amines) is 2. The minimum atomic E-state index is 0. The number of aliphatic imine (C=N–C) groups is 1. The van der Waals surface area contributed by atoms with Crippen LogP contribution in [0.4, 0.5) is 0 Å². The monoisotopic (exact) mass is 507 g/mol. The van der Waals surface area contributed by atoms with Crippen LogP contribution in [0, 0.1) is 11.8 Å². The number of guanidine groups is 1. The number of rotatable bonds is 8. The molecule has 2 saturated heterocycles. The molecular weight excluding hydrogens is 465 g/mol. The van der Waals surface area contributed by atoms with Crippen molar-refractivity contribution in [3.63, 3.8) is 0 Å². The lowest BCUT2D eigenvalue weighted by atomic mass is 9.92. The molecule has 0 radical (unpaired) electrons. The Morgan fingerprint density at radius 3 is 2.57 bits per heavy atom. The van der Waals surface area contributed by atoms with Crippen molar-refractivity contribution >= 4 is 35.8 Å². The zero-order valence-electron chi connectivity index (χ0n) is 18.2. The third kappa shape index (κ3) is 9.76. The zero-order valence-corrected chi connectivity index (χ0v) is 20.5. The predicted molar refractivity (Wildman–Crippen MR) is 128 cm³/mol. The summed E-state index contributed by atoms with van der Waals surface area (Å²) in [4.78, 5) is 21.3. The average molecular weight is 508 g/mol. The van der Waals surface area contributed by atoms with Crippen molar-refractivity contribution in [2.24, 2.45) is 16.8 Å². The Hall–Kier alpha value is -0.570. The van der Waals surface area contributed by atoms with E-state index in [1.807, 2.05) is 4.90 Å². The van der Waals surface area contributed by atoms with Gasteiger partial charge in [-0.2, -0.15) is 0 Å². The van der Waals surface area contributed by atoms with Crippen molar-refractivity contribution in [2.45, 2.75) is 59.3 Å². The van der Waals surface area contributed by atoms with E-state index in [2.05, 4.69) is 36.3 Å². The normalized spacial score (nSPS) is 24.5. The Bertz CT molecular complexity index is 464. The summed E-state index contributed by atoms with van der Waals surface area (Å²) in [5, 5.41) is 6.81. The fraction of sp³-hybridized carbons (Fsp3) is 0.905. The van der Waals surface area contributed by atoms with Crippen LogP contribution in [0.1, 0.15) is 59.3 Å². The van der Waals surface area contributed by atoms with E-state index in [0.717, 1.165) is 82.7 Å². The quantitative estimate of drug-likeness (QED) is 0.230.